The average Bonchev–Trinajstić information content (AvgIpc) is 3.08. The van der Waals surface area contributed by atoms with Gasteiger partial charge in [0.15, 0.2) is 0 Å². The summed E-state index contributed by atoms with van der Waals surface area (Å²) < 4.78 is 5.94. The fourth-order valence-electron chi connectivity index (χ4n) is 2.57. The second-order valence-corrected chi connectivity index (χ2v) is 6.53. The van der Waals surface area contributed by atoms with Crippen LogP contribution in [-0.2, 0) is 0 Å². The summed E-state index contributed by atoms with van der Waals surface area (Å²) in [6.45, 7) is 0. The van der Waals surface area contributed by atoms with Gasteiger partial charge in [-0.25, -0.2) is 0 Å². The number of aromatic amines is 1. The van der Waals surface area contributed by atoms with Gasteiger partial charge in [0.2, 0.25) is 0 Å². The number of fused-ring (bicyclic) bond motifs is 2. The molecular weight excluding hydrogens is 329 g/mol. The van der Waals surface area contributed by atoms with E-state index >= 15 is 0 Å². The van der Waals surface area contributed by atoms with Gasteiger partial charge >= 0.3 is 125 Å². The quantitative estimate of drug-likeness (QED) is 0.542. The SMILES string of the molecule is N#Cc1cn(-c2ccc3c(=O)[nH][se]c3c2)c2ccccc12. The summed E-state index contributed by atoms with van der Waals surface area (Å²) in [5, 5.41) is 11.0. The first-order chi connectivity index (χ1) is 10.3. The molecular formula is C16H9N3OSe. The number of benzene rings is 2. The molecule has 0 fully saturated rings. The Hall–Kier alpha value is -2.54. The number of nitrogens with zero attached hydrogens (tertiary/aromatic N) is 2. The molecule has 0 aliphatic heterocycles. The Morgan fingerprint density at radius 3 is 2.86 bits per heavy atom. The number of rotatable bonds is 1. The van der Waals surface area contributed by atoms with E-state index in [0.717, 1.165) is 26.2 Å². The molecule has 0 saturated heterocycles. The molecule has 100 valence electrons. The van der Waals surface area contributed by atoms with Crippen LogP contribution < -0.4 is 5.56 Å². The predicted octanol–water partition coefficient (Wildman–Crippen LogP) is 2.40. The zero-order chi connectivity index (χ0) is 14.4. The van der Waals surface area contributed by atoms with E-state index in [1.807, 2.05) is 53.2 Å². The van der Waals surface area contributed by atoms with Crippen molar-refractivity contribution in [1.82, 2.24) is 8.55 Å². The maximum absolute atomic E-state index is 11.6. The second kappa shape index (κ2) is 4.49. The Bertz CT molecular complexity index is 1080. The van der Waals surface area contributed by atoms with E-state index in [0.29, 0.717) is 5.56 Å². The van der Waals surface area contributed by atoms with Gasteiger partial charge in [-0.3, -0.25) is 0 Å². The molecule has 0 radical (unpaired) electrons. The first-order valence-electron chi connectivity index (χ1n) is 6.40. The van der Waals surface area contributed by atoms with Crippen molar-refractivity contribution < 1.29 is 0 Å². The molecule has 5 heteroatoms. The molecule has 2 aromatic heterocycles. The van der Waals surface area contributed by atoms with Crippen LogP contribution in [0.25, 0.3) is 26.2 Å². The van der Waals surface area contributed by atoms with Crippen molar-refractivity contribution in [3.8, 4) is 11.8 Å². The summed E-state index contributed by atoms with van der Waals surface area (Å²) in [6.07, 6.45) is 1.85. The van der Waals surface area contributed by atoms with Crippen molar-refractivity contribution in [2.24, 2.45) is 0 Å². The molecule has 4 aromatic rings. The molecule has 4 nitrogen and oxygen atoms in total. The number of aromatic nitrogens is 2. The molecule has 1 N–H and O–H groups in total. The molecule has 2 aromatic carbocycles. The van der Waals surface area contributed by atoms with Crippen molar-refractivity contribution in [2.45, 2.75) is 0 Å². The van der Waals surface area contributed by atoms with Crippen LogP contribution in [0.5, 0.6) is 0 Å². The first kappa shape index (κ1) is 12.2. The van der Waals surface area contributed by atoms with Crippen LogP contribution in [0.15, 0.2) is 53.5 Å². The molecule has 0 bridgehead atoms. The number of nitrogens with one attached hydrogen (secondary N) is 1. The van der Waals surface area contributed by atoms with Crippen molar-refractivity contribution in [3.05, 3.63) is 64.6 Å². The molecule has 0 aliphatic rings. The summed E-state index contributed by atoms with van der Waals surface area (Å²) in [7, 11) is 0. The third-order valence-corrected chi connectivity index (χ3v) is 5.35. The minimum atomic E-state index is -0.0105. The standard InChI is InChI=1S/C16H9N3OSe/c17-8-10-9-19(14-4-2-1-3-12(10)14)11-5-6-13-15(7-11)21-18-16(13)20/h1-7,9H,(H,18,20). The van der Waals surface area contributed by atoms with E-state index in [9.17, 15) is 10.1 Å². The van der Waals surface area contributed by atoms with Gasteiger partial charge in [-0.15, -0.1) is 0 Å². The number of H-pyrrole nitrogens is 1. The predicted molar refractivity (Wildman–Crippen MR) is 83.1 cm³/mol. The number of hydrogen-bond donors (Lipinski definition) is 1. The first-order valence-corrected chi connectivity index (χ1v) is 8.11. The Morgan fingerprint density at radius 2 is 2.00 bits per heavy atom. The third kappa shape index (κ3) is 1.78. The summed E-state index contributed by atoms with van der Waals surface area (Å²) in [4.78, 5) is 11.6. The van der Waals surface area contributed by atoms with Crippen molar-refractivity contribution >= 4 is 35.3 Å². The van der Waals surface area contributed by atoms with E-state index in [1.165, 1.54) is 0 Å². The van der Waals surface area contributed by atoms with Gasteiger partial charge in [-0.1, -0.05) is 0 Å². The van der Waals surface area contributed by atoms with Gasteiger partial charge in [-0.2, -0.15) is 0 Å². The maximum atomic E-state index is 11.6. The van der Waals surface area contributed by atoms with Gasteiger partial charge in [0.1, 0.15) is 0 Å². The fraction of sp³-hybridized carbons (Fsp3) is 0. The fourth-order valence-corrected chi connectivity index (χ4v) is 4.17. The van der Waals surface area contributed by atoms with Crippen LogP contribution in [0.2, 0.25) is 0 Å². The van der Waals surface area contributed by atoms with Crippen LogP contribution in [-0.4, -0.2) is 23.3 Å². The molecule has 21 heavy (non-hydrogen) atoms. The molecule has 0 unspecified atom stereocenters. The van der Waals surface area contributed by atoms with E-state index in [2.05, 4.69) is 10.0 Å². The zero-order valence-electron chi connectivity index (χ0n) is 10.8. The summed E-state index contributed by atoms with van der Waals surface area (Å²) in [5.41, 5.74) is 2.64. The molecule has 0 saturated carbocycles. The normalized spacial score (nSPS) is 11.0. The Labute approximate surface area is 125 Å². The average molecular weight is 338 g/mol. The van der Waals surface area contributed by atoms with Crippen LogP contribution in [0.3, 0.4) is 0 Å². The third-order valence-electron chi connectivity index (χ3n) is 3.57. The summed E-state index contributed by atoms with van der Waals surface area (Å²) in [6, 6.07) is 15.9. The van der Waals surface area contributed by atoms with Crippen molar-refractivity contribution in [1.29, 1.82) is 5.26 Å². The van der Waals surface area contributed by atoms with Gasteiger partial charge in [0, 0.05) is 0 Å². The van der Waals surface area contributed by atoms with Crippen molar-refractivity contribution in [3.63, 3.8) is 0 Å². The van der Waals surface area contributed by atoms with E-state index in [1.54, 1.807) is 0 Å². The molecule has 0 aliphatic carbocycles. The van der Waals surface area contributed by atoms with Gasteiger partial charge in [0.05, 0.1) is 0 Å². The van der Waals surface area contributed by atoms with Crippen LogP contribution in [0.1, 0.15) is 5.56 Å². The van der Waals surface area contributed by atoms with Crippen molar-refractivity contribution in [2.75, 3.05) is 0 Å². The van der Waals surface area contributed by atoms with Gasteiger partial charge in [-0.05, 0) is 0 Å². The number of para-hydroxylation sites is 1. The monoisotopic (exact) mass is 339 g/mol. The van der Waals surface area contributed by atoms with E-state index < -0.39 is 0 Å². The Morgan fingerprint density at radius 1 is 1.14 bits per heavy atom. The molecule has 0 amide bonds. The van der Waals surface area contributed by atoms with E-state index in [4.69, 9.17) is 0 Å². The number of nitriles is 1. The zero-order valence-corrected chi connectivity index (χ0v) is 12.5. The minimum absolute atomic E-state index is 0.00614. The second-order valence-electron chi connectivity index (χ2n) is 4.76. The Balaban J connectivity index is 2.04. The molecule has 0 atom stereocenters. The molecule has 2 heterocycles. The molecule has 4 rings (SSSR count). The summed E-state index contributed by atoms with van der Waals surface area (Å²) in [5.74, 6) is 0. The Kier molecular flexibility index (Phi) is 2.61. The van der Waals surface area contributed by atoms with Gasteiger partial charge < -0.3 is 0 Å². The van der Waals surface area contributed by atoms with Gasteiger partial charge in [0.25, 0.3) is 0 Å². The van der Waals surface area contributed by atoms with Crippen LogP contribution in [0.4, 0.5) is 0 Å². The van der Waals surface area contributed by atoms with Crippen LogP contribution >= 0.6 is 0 Å². The van der Waals surface area contributed by atoms with E-state index in [-0.39, 0.29) is 20.3 Å². The number of hydrogen-bond acceptors (Lipinski definition) is 2. The topological polar surface area (TPSA) is 61.6 Å². The van der Waals surface area contributed by atoms with Crippen LogP contribution in [0, 0.1) is 11.3 Å². The summed E-state index contributed by atoms with van der Waals surface area (Å²) >= 11 is -0.0105. The molecule has 0 spiro atoms.